The van der Waals surface area contributed by atoms with E-state index in [1.807, 2.05) is 0 Å². The molecular weight excluding hydrogens is 304 g/mol. The van der Waals surface area contributed by atoms with E-state index in [1.165, 1.54) is 6.08 Å². The number of nitrogens with one attached hydrogen (secondary N) is 2. The van der Waals surface area contributed by atoms with Crippen molar-refractivity contribution >= 4 is 34.3 Å². The Balaban J connectivity index is 2.00. The van der Waals surface area contributed by atoms with Gasteiger partial charge in [0.1, 0.15) is 17.3 Å². The molecule has 0 aromatic carbocycles. The zero-order valence-electron chi connectivity index (χ0n) is 11.8. The van der Waals surface area contributed by atoms with Crippen LogP contribution >= 0.6 is 11.3 Å². The summed E-state index contributed by atoms with van der Waals surface area (Å²) in [7, 11) is 0. The summed E-state index contributed by atoms with van der Waals surface area (Å²) in [5.41, 5.74) is 0.493. The van der Waals surface area contributed by atoms with Crippen molar-refractivity contribution in [3.63, 3.8) is 0 Å². The fourth-order valence-electron chi connectivity index (χ4n) is 1.52. The highest BCUT2D eigenvalue weighted by atomic mass is 32.1. The fourth-order valence-corrected chi connectivity index (χ4v) is 2.38. The van der Waals surface area contributed by atoms with Crippen LogP contribution in [0.2, 0.25) is 0 Å². The highest BCUT2D eigenvalue weighted by molar-refractivity contribution is 7.17. The van der Waals surface area contributed by atoms with E-state index in [9.17, 15) is 9.59 Å². The Morgan fingerprint density at radius 2 is 2.23 bits per heavy atom. The molecular formula is C14H14N4O3S. The number of aromatic nitrogens is 2. The number of hydrogen-bond acceptors (Lipinski definition) is 6. The van der Waals surface area contributed by atoms with Crippen LogP contribution in [-0.2, 0) is 4.74 Å². The molecule has 0 aliphatic rings. The van der Waals surface area contributed by atoms with Crippen molar-refractivity contribution in [2.24, 2.45) is 0 Å². The first-order valence-corrected chi connectivity index (χ1v) is 7.16. The van der Waals surface area contributed by atoms with Gasteiger partial charge in [0.2, 0.25) is 0 Å². The van der Waals surface area contributed by atoms with Crippen molar-refractivity contribution in [2.75, 3.05) is 17.2 Å². The number of ether oxygens (including phenoxy) is 1. The summed E-state index contributed by atoms with van der Waals surface area (Å²) in [5.74, 6) is -0.0769. The molecule has 7 nitrogen and oxygen atoms in total. The number of anilines is 2. The number of hydrogen-bond donors (Lipinski definition) is 2. The van der Waals surface area contributed by atoms with Crippen LogP contribution in [0.4, 0.5) is 15.7 Å². The SMILES string of the molecule is C=CCOC(=O)c1sc(NC(=O)Nc2ccccn2)nc1C. The normalized spacial score (nSPS) is 9.86. The Labute approximate surface area is 131 Å². The molecule has 0 spiro atoms. The molecule has 2 aromatic rings. The van der Waals surface area contributed by atoms with Gasteiger partial charge in [0.15, 0.2) is 5.13 Å². The van der Waals surface area contributed by atoms with Crippen LogP contribution < -0.4 is 10.6 Å². The van der Waals surface area contributed by atoms with Crippen LogP contribution in [0.3, 0.4) is 0 Å². The van der Waals surface area contributed by atoms with Gasteiger partial charge in [-0.3, -0.25) is 10.6 Å². The minimum absolute atomic E-state index is 0.124. The number of thiazole rings is 1. The van der Waals surface area contributed by atoms with Gasteiger partial charge < -0.3 is 4.74 Å². The maximum Gasteiger partial charge on any atom is 0.350 e. The van der Waals surface area contributed by atoms with Crippen molar-refractivity contribution in [3.05, 3.63) is 47.6 Å². The first kappa shape index (κ1) is 15.6. The van der Waals surface area contributed by atoms with Crippen LogP contribution in [0, 0.1) is 6.92 Å². The number of esters is 1. The number of urea groups is 1. The fraction of sp³-hybridized carbons (Fsp3) is 0.143. The molecule has 0 aliphatic heterocycles. The van der Waals surface area contributed by atoms with E-state index >= 15 is 0 Å². The average molecular weight is 318 g/mol. The predicted molar refractivity (Wildman–Crippen MR) is 84.2 cm³/mol. The molecule has 8 heteroatoms. The lowest BCUT2D eigenvalue weighted by atomic mass is 10.4. The van der Waals surface area contributed by atoms with Crippen LogP contribution in [-0.4, -0.2) is 28.6 Å². The smallest absolute Gasteiger partial charge is 0.350 e. The molecule has 2 heterocycles. The van der Waals surface area contributed by atoms with Crippen LogP contribution in [0.25, 0.3) is 0 Å². The summed E-state index contributed by atoms with van der Waals surface area (Å²) in [6.07, 6.45) is 3.05. The van der Waals surface area contributed by atoms with Gasteiger partial charge in [-0.15, -0.1) is 0 Å². The molecule has 0 unspecified atom stereocenters. The Morgan fingerprint density at radius 3 is 2.91 bits per heavy atom. The molecule has 0 fully saturated rings. The van der Waals surface area contributed by atoms with Crippen LogP contribution in [0.5, 0.6) is 0 Å². The minimum Gasteiger partial charge on any atom is -0.457 e. The van der Waals surface area contributed by atoms with Crippen LogP contribution in [0.15, 0.2) is 37.1 Å². The third-order valence-corrected chi connectivity index (χ3v) is 3.49. The second-order valence-corrected chi connectivity index (χ2v) is 5.11. The Morgan fingerprint density at radius 1 is 1.41 bits per heavy atom. The Kier molecular flexibility index (Phi) is 5.21. The number of carbonyl (C=O) groups is 2. The Bertz CT molecular complexity index is 685. The number of aryl methyl sites for hydroxylation is 1. The maximum atomic E-state index is 11.8. The second-order valence-electron chi connectivity index (χ2n) is 4.11. The maximum absolute atomic E-state index is 11.8. The molecule has 0 atom stereocenters. The topological polar surface area (TPSA) is 93.2 Å². The summed E-state index contributed by atoms with van der Waals surface area (Å²) >= 11 is 1.04. The number of carbonyl (C=O) groups excluding carboxylic acids is 2. The minimum atomic E-state index is -0.493. The van der Waals surface area contributed by atoms with Crippen molar-refractivity contribution < 1.29 is 14.3 Å². The summed E-state index contributed by atoms with van der Waals surface area (Å²) in [4.78, 5) is 32.0. The highest BCUT2D eigenvalue weighted by Gasteiger charge is 2.17. The Hall–Kier alpha value is -2.74. The third-order valence-electron chi connectivity index (χ3n) is 2.44. The molecule has 2 N–H and O–H groups in total. The van der Waals surface area contributed by atoms with Gasteiger partial charge in [-0.2, -0.15) is 0 Å². The lowest BCUT2D eigenvalue weighted by molar-refractivity contribution is 0.0554. The quantitative estimate of drug-likeness (QED) is 0.653. The number of nitrogens with zero attached hydrogens (tertiary/aromatic N) is 2. The molecule has 22 heavy (non-hydrogen) atoms. The van der Waals surface area contributed by atoms with E-state index in [-0.39, 0.29) is 6.61 Å². The summed E-state index contributed by atoms with van der Waals surface area (Å²) in [5, 5.41) is 5.41. The van der Waals surface area contributed by atoms with Gasteiger partial charge in [0, 0.05) is 6.20 Å². The van der Waals surface area contributed by atoms with Crippen molar-refractivity contribution in [1.29, 1.82) is 0 Å². The van der Waals surface area contributed by atoms with Gasteiger partial charge >= 0.3 is 12.0 Å². The summed E-state index contributed by atoms with van der Waals surface area (Å²) in [6.45, 7) is 5.27. The number of pyridine rings is 1. The van der Waals surface area contributed by atoms with Gasteiger partial charge in [-0.1, -0.05) is 30.1 Å². The zero-order valence-corrected chi connectivity index (χ0v) is 12.6. The van der Waals surface area contributed by atoms with Gasteiger partial charge in [0.25, 0.3) is 0 Å². The van der Waals surface area contributed by atoms with Gasteiger partial charge in [-0.25, -0.2) is 19.6 Å². The van der Waals surface area contributed by atoms with E-state index in [0.29, 0.717) is 21.5 Å². The largest absolute Gasteiger partial charge is 0.457 e. The molecule has 0 aliphatic carbocycles. The van der Waals surface area contributed by atoms with Gasteiger partial charge in [-0.05, 0) is 19.1 Å². The highest BCUT2D eigenvalue weighted by Crippen LogP contribution is 2.23. The second kappa shape index (κ2) is 7.32. The molecule has 0 saturated heterocycles. The first-order chi connectivity index (χ1) is 10.6. The molecule has 2 amide bonds. The molecule has 0 bridgehead atoms. The zero-order chi connectivity index (χ0) is 15.9. The van der Waals surface area contributed by atoms with Crippen molar-refractivity contribution in [3.8, 4) is 0 Å². The first-order valence-electron chi connectivity index (χ1n) is 6.34. The number of amides is 2. The van der Waals surface area contributed by atoms with Crippen molar-refractivity contribution in [1.82, 2.24) is 9.97 Å². The van der Waals surface area contributed by atoms with Crippen molar-refractivity contribution in [2.45, 2.75) is 6.92 Å². The van der Waals surface area contributed by atoms with Gasteiger partial charge in [0.05, 0.1) is 5.69 Å². The lowest BCUT2D eigenvalue weighted by Crippen LogP contribution is -2.19. The van der Waals surface area contributed by atoms with E-state index < -0.39 is 12.0 Å². The predicted octanol–water partition coefficient (Wildman–Crippen LogP) is 2.83. The molecule has 0 saturated carbocycles. The van der Waals surface area contributed by atoms with Crippen LogP contribution in [0.1, 0.15) is 15.4 Å². The van der Waals surface area contributed by atoms with E-state index in [1.54, 1.807) is 31.3 Å². The standard InChI is InChI=1S/C14H14N4O3S/c1-3-8-21-12(19)11-9(2)16-14(22-11)18-13(20)17-10-6-4-5-7-15-10/h3-7H,1,8H2,2H3,(H2,15,16,17,18,20). The summed E-state index contributed by atoms with van der Waals surface area (Å²) < 4.78 is 4.95. The summed E-state index contributed by atoms with van der Waals surface area (Å²) in [6, 6.07) is 4.67. The van der Waals surface area contributed by atoms with E-state index in [2.05, 4.69) is 27.2 Å². The third kappa shape index (κ3) is 4.13. The molecule has 2 rings (SSSR count). The average Bonchev–Trinajstić information content (AvgIpc) is 2.86. The molecule has 2 aromatic heterocycles. The lowest BCUT2D eigenvalue weighted by Gasteiger charge is -2.03. The number of rotatable bonds is 5. The van der Waals surface area contributed by atoms with E-state index in [4.69, 9.17) is 4.74 Å². The monoisotopic (exact) mass is 318 g/mol. The molecule has 114 valence electrons. The molecule has 0 radical (unpaired) electrons. The van der Waals surface area contributed by atoms with E-state index in [0.717, 1.165) is 11.3 Å².